The molecule has 0 aromatic heterocycles. The van der Waals surface area contributed by atoms with Crippen molar-refractivity contribution in [2.45, 2.75) is 32.4 Å². The van der Waals surface area contributed by atoms with Crippen LogP contribution in [0.25, 0.3) is 0 Å². The number of hydrogen-bond acceptors (Lipinski definition) is 2. The number of carbonyl (C=O) groups is 2. The molecule has 5 heteroatoms. The van der Waals surface area contributed by atoms with Gasteiger partial charge in [-0.05, 0) is 48.2 Å². The number of hydrogen-bond donors (Lipinski definition) is 2. The number of urea groups is 1. The van der Waals surface area contributed by atoms with Gasteiger partial charge in [-0.3, -0.25) is 4.79 Å². The average Bonchev–Trinajstić information content (AvgIpc) is 3.15. The molecular weight excluding hydrogens is 386 g/mol. The van der Waals surface area contributed by atoms with Gasteiger partial charge in [-0.2, -0.15) is 0 Å². The second kappa shape index (κ2) is 9.04. The first kappa shape index (κ1) is 20.7. The second-order valence-corrected chi connectivity index (χ2v) is 8.05. The third-order valence-electron chi connectivity index (χ3n) is 5.80. The molecule has 158 valence electrons. The summed E-state index contributed by atoms with van der Waals surface area (Å²) in [6, 6.07) is 25.0. The maximum Gasteiger partial charge on any atom is 0.315 e. The minimum atomic E-state index is -0.280. The zero-order chi connectivity index (χ0) is 21.8. The molecule has 0 unspecified atom stereocenters. The van der Waals surface area contributed by atoms with E-state index in [0.29, 0.717) is 13.0 Å². The molecule has 0 spiro atoms. The summed E-state index contributed by atoms with van der Waals surface area (Å²) < 4.78 is 0. The van der Waals surface area contributed by atoms with Gasteiger partial charge in [-0.15, -0.1) is 0 Å². The third kappa shape index (κ3) is 4.77. The first-order valence-corrected chi connectivity index (χ1v) is 10.6. The van der Waals surface area contributed by atoms with Crippen molar-refractivity contribution in [2.75, 3.05) is 11.4 Å². The van der Waals surface area contributed by atoms with E-state index in [4.69, 9.17) is 0 Å². The Morgan fingerprint density at radius 1 is 0.903 bits per heavy atom. The van der Waals surface area contributed by atoms with Gasteiger partial charge in [0.25, 0.3) is 0 Å². The Bertz CT molecular complexity index is 1030. The summed E-state index contributed by atoms with van der Waals surface area (Å²) in [4.78, 5) is 27.2. The number of benzene rings is 3. The van der Waals surface area contributed by atoms with Gasteiger partial charge in [-0.1, -0.05) is 66.7 Å². The number of rotatable bonds is 5. The van der Waals surface area contributed by atoms with E-state index in [2.05, 4.69) is 17.6 Å². The molecule has 31 heavy (non-hydrogen) atoms. The predicted molar refractivity (Wildman–Crippen MR) is 123 cm³/mol. The molecule has 0 aliphatic carbocycles. The zero-order valence-electron chi connectivity index (χ0n) is 17.8. The monoisotopic (exact) mass is 413 g/mol. The van der Waals surface area contributed by atoms with E-state index in [1.807, 2.05) is 85.8 Å². The zero-order valence-corrected chi connectivity index (χ0v) is 17.8. The van der Waals surface area contributed by atoms with Crippen molar-refractivity contribution in [2.24, 2.45) is 0 Å². The van der Waals surface area contributed by atoms with Gasteiger partial charge in [0.15, 0.2) is 0 Å². The fourth-order valence-corrected chi connectivity index (χ4v) is 3.96. The van der Waals surface area contributed by atoms with Crippen LogP contribution in [0.5, 0.6) is 0 Å². The van der Waals surface area contributed by atoms with Crippen LogP contribution in [0, 0.1) is 13.8 Å². The van der Waals surface area contributed by atoms with Gasteiger partial charge in [0, 0.05) is 18.7 Å². The lowest BCUT2D eigenvalue weighted by atomic mass is 9.99. The van der Waals surface area contributed by atoms with Crippen LogP contribution < -0.4 is 15.5 Å². The van der Waals surface area contributed by atoms with Crippen LogP contribution in [0.2, 0.25) is 0 Å². The van der Waals surface area contributed by atoms with E-state index < -0.39 is 0 Å². The van der Waals surface area contributed by atoms with Crippen LogP contribution in [0.3, 0.4) is 0 Å². The number of nitrogens with one attached hydrogen (secondary N) is 2. The molecule has 3 aromatic carbocycles. The predicted octanol–water partition coefficient (Wildman–Crippen LogP) is 4.50. The van der Waals surface area contributed by atoms with Gasteiger partial charge in [0.05, 0.1) is 12.1 Å². The maximum absolute atomic E-state index is 12.9. The van der Waals surface area contributed by atoms with Crippen molar-refractivity contribution in [3.63, 3.8) is 0 Å². The lowest BCUT2D eigenvalue weighted by Gasteiger charge is -2.22. The van der Waals surface area contributed by atoms with Gasteiger partial charge in [-0.25, -0.2) is 4.79 Å². The number of carbonyl (C=O) groups excluding carboxylic acids is 2. The van der Waals surface area contributed by atoms with Crippen LogP contribution in [-0.2, 0) is 4.79 Å². The summed E-state index contributed by atoms with van der Waals surface area (Å²) in [7, 11) is 0. The number of amides is 3. The highest BCUT2D eigenvalue weighted by Gasteiger charge is 2.32. The summed E-state index contributed by atoms with van der Waals surface area (Å²) in [5.74, 6) is 0.0243. The molecule has 1 atom stereocenters. The van der Waals surface area contributed by atoms with Crippen LogP contribution >= 0.6 is 0 Å². The van der Waals surface area contributed by atoms with E-state index in [9.17, 15) is 9.59 Å². The second-order valence-electron chi connectivity index (χ2n) is 8.05. The van der Waals surface area contributed by atoms with E-state index in [-0.39, 0.29) is 24.0 Å². The minimum absolute atomic E-state index is 0.0243. The van der Waals surface area contributed by atoms with E-state index in [1.165, 1.54) is 5.56 Å². The van der Waals surface area contributed by atoms with Crippen molar-refractivity contribution in [3.05, 3.63) is 101 Å². The summed E-state index contributed by atoms with van der Waals surface area (Å²) in [6.45, 7) is 4.56. The molecule has 2 N–H and O–H groups in total. The van der Waals surface area contributed by atoms with Gasteiger partial charge in [0.2, 0.25) is 5.91 Å². The third-order valence-corrected chi connectivity index (χ3v) is 5.80. The summed E-state index contributed by atoms with van der Waals surface area (Å²) >= 11 is 0. The smallest absolute Gasteiger partial charge is 0.315 e. The van der Waals surface area contributed by atoms with Gasteiger partial charge < -0.3 is 15.5 Å². The Kier molecular flexibility index (Phi) is 6.03. The fourth-order valence-electron chi connectivity index (χ4n) is 3.96. The van der Waals surface area contributed by atoms with E-state index in [1.54, 1.807) is 4.90 Å². The largest absolute Gasteiger partial charge is 0.333 e. The van der Waals surface area contributed by atoms with Crippen molar-refractivity contribution in [3.8, 4) is 0 Å². The van der Waals surface area contributed by atoms with Crippen LogP contribution in [0.15, 0.2) is 78.9 Å². The maximum atomic E-state index is 12.9. The molecule has 3 aromatic rings. The van der Waals surface area contributed by atoms with Crippen molar-refractivity contribution < 1.29 is 9.59 Å². The summed E-state index contributed by atoms with van der Waals surface area (Å²) in [6.07, 6.45) is 0.293. The Labute approximate surface area is 183 Å². The molecular formula is C26H27N3O2. The molecule has 3 amide bonds. The Morgan fingerprint density at radius 3 is 2.10 bits per heavy atom. The standard InChI is InChI=1S/C26H27N3O2/c1-18-13-14-23(15-19(18)2)29-17-22(16-24(29)30)27-26(31)28-25(20-9-5-3-6-10-20)21-11-7-4-8-12-21/h3-15,22,25H,16-17H2,1-2H3,(H2,27,28,31)/t22-/m1/s1. The number of anilines is 1. The van der Waals surface area contributed by atoms with Gasteiger partial charge >= 0.3 is 6.03 Å². The molecule has 0 saturated carbocycles. The van der Waals surface area contributed by atoms with Crippen LogP contribution in [0.1, 0.15) is 34.7 Å². The van der Waals surface area contributed by atoms with E-state index >= 15 is 0 Å². The molecule has 1 heterocycles. The van der Waals surface area contributed by atoms with Crippen molar-refractivity contribution in [1.29, 1.82) is 0 Å². The molecule has 1 aliphatic heterocycles. The molecule has 1 aliphatic rings. The fraction of sp³-hybridized carbons (Fsp3) is 0.231. The quantitative estimate of drug-likeness (QED) is 0.647. The van der Waals surface area contributed by atoms with Crippen molar-refractivity contribution >= 4 is 17.6 Å². The number of aryl methyl sites for hydroxylation is 2. The SMILES string of the molecule is Cc1ccc(N2C[C@H](NC(=O)NC(c3ccccc3)c3ccccc3)CC2=O)cc1C. The average molecular weight is 414 g/mol. The number of nitrogens with zero attached hydrogens (tertiary/aromatic N) is 1. The Hall–Kier alpha value is -3.60. The highest BCUT2D eigenvalue weighted by Crippen LogP contribution is 2.25. The first-order chi connectivity index (χ1) is 15.0. The Balaban J connectivity index is 1.45. The lowest BCUT2D eigenvalue weighted by Crippen LogP contribution is -2.44. The molecule has 5 nitrogen and oxygen atoms in total. The lowest BCUT2D eigenvalue weighted by molar-refractivity contribution is -0.117. The van der Waals surface area contributed by atoms with Crippen LogP contribution in [0.4, 0.5) is 10.5 Å². The highest BCUT2D eigenvalue weighted by atomic mass is 16.2. The molecule has 0 bridgehead atoms. The Morgan fingerprint density at radius 2 is 1.52 bits per heavy atom. The van der Waals surface area contributed by atoms with E-state index in [0.717, 1.165) is 22.4 Å². The normalized spacial score (nSPS) is 15.9. The van der Waals surface area contributed by atoms with Crippen LogP contribution in [-0.4, -0.2) is 24.5 Å². The van der Waals surface area contributed by atoms with Gasteiger partial charge in [0.1, 0.15) is 0 Å². The molecule has 1 saturated heterocycles. The molecule has 4 rings (SSSR count). The first-order valence-electron chi connectivity index (χ1n) is 10.6. The molecule has 1 fully saturated rings. The topological polar surface area (TPSA) is 61.4 Å². The van der Waals surface area contributed by atoms with Crippen molar-refractivity contribution in [1.82, 2.24) is 10.6 Å². The minimum Gasteiger partial charge on any atom is -0.333 e. The summed E-state index contributed by atoms with van der Waals surface area (Å²) in [5, 5.41) is 6.08. The highest BCUT2D eigenvalue weighted by molar-refractivity contribution is 5.97. The molecule has 0 radical (unpaired) electrons. The summed E-state index contributed by atoms with van der Waals surface area (Å²) in [5.41, 5.74) is 5.22.